The lowest BCUT2D eigenvalue weighted by Crippen LogP contribution is -1.91. The maximum Gasteiger partial charge on any atom is 0.233 e. The fraction of sp³-hybridized carbons (Fsp3) is 0.227. The molecule has 2 aromatic carbocycles. The number of hydrogen-bond donors (Lipinski definition) is 0. The van der Waals surface area contributed by atoms with Gasteiger partial charge in [0.05, 0.1) is 25.3 Å². The molecule has 0 aliphatic carbocycles. The van der Waals surface area contributed by atoms with Gasteiger partial charge in [0.15, 0.2) is 0 Å². The smallest absolute Gasteiger partial charge is 0.233 e. The Morgan fingerprint density at radius 3 is 2.07 bits per heavy atom. The van der Waals surface area contributed by atoms with Crippen molar-refractivity contribution in [3.05, 3.63) is 64.8 Å². The summed E-state index contributed by atoms with van der Waals surface area (Å²) in [6, 6.07) is 15.6. The molecule has 0 radical (unpaired) electrons. The zero-order valence-electron chi connectivity index (χ0n) is 16.3. The van der Waals surface area contributed by atoms with Crippen molar-refractivity contribution in [1.29, 1.82) is 0 Å². The summed E-state index contributed by atoms with van der Waals surface area (Å²) in [5.74, 6) is 2.79. The lowest BCUT2D eigenvalue weighted by molar-refractivity contribution is 0.340. The molecule has 0 aliphatic heterocycles. The number of aromatic nitrogens is 3. The van der Waals surface area contributed by atoms with E-state index in [2.05, 4.69) is 10.1 Å². The van der Waals surface area contributed by atoms with E-state index in [1.165, 1.54) is 0 Å². The highest BCUT2D eigenvalue weighted by molar-refractivity contribution is 7.10. The molecule has 0 atom stereocenters. The lowest BCUT2D eigenvalue weighted by Gasteiger charge is -2.03. The first-order chi connectivity index (χ1) is 14.2. The van der Waals surface area contributed by atoms with Crippen molar-refractivity contribution in [3.8, 4) is 34.1 Å². The predicted octanol–water partition coefficient (Wildman–Crippen LogP) is 5.25. The zero-order chi connectivity index (χ0) is 20.1. The highest BCUT2D eigenvalue weighted by Gasteiger charge is 2.12. The van der Waals surface area contributed by atoms with Crippen LogP contribution in [-0.2, 0) is 6.42 Å². The maximum atomic E-state index is 5.49. The van der Waals surface area contributed by atoms with Crippen molar-refractivity contribution in [2.24, 2.45) is 0 Å². The summed E-state index contributed by atoms with van der Waals surface area (Å²) in [4.78, 5) is 9.20. The summed E-state index contributed by atoms with van der Waals surface area (Å²) in [7, 11) is 0. The molecule has 7 heteroatoms. The van der Waals surface area contributed by atoms with Crippen molar-refractivity contribution in [2.45, 2.75) is 20.3 Å². The highest BCUT2D eigenvalue weighted by Crippen LogP contribution is 2.26. The van der Waals surface area contributed by atoms with Gasteiger partial charge < -0.3 is 14.0 Å². The predicted molar refractivity (Wildman–Crippen MR) is 112 cm³/mol. The van der Waals surface area contributed by atoms with Crippen LogP contribution in [0.15, 0.2) is 58.4 Å². The van der Waals surface area contributed by atoms with Gasteiger partial charge in [-0.3, -0.25) is 0 Å². The lowest BCUT2D eigenvalue weighted by atomic mass is 10.2. The van der Waals surface area contributed by atoms with E-state index in [4.69, 9.17) is 19.0 Å². The Labute approximate surface area is 173 Å². The molecule has 0 amide bonds. The standard InChI is InChI=1S/C22H21N3O3S/c1-3-26-17-9-5-15(6-10-17)19-14-29-21(23-19)13-20-24-22(25-28-20)16-7-11-18(12-8-16)27-4-2/h5-12,14H,3-4,13H2,1-2H3. The summed E-state index contributed by atoms with van der Waals surface area (Å²) in [6.45, 7) is 5.22. The largest absolute Gasteiger partial charge is 0.494 e. The molecule has 4 rings (SSSR count). The van der Waals surface area contributed by atoms with E-state index in [0.29, 0.717) is 31.3 Å². The number of nitrogens with zero attached hydrogens (tertiary/aromatic N) is 3. The second kappa shape index (κ2) is 8.87. The Morgan fingerprint density at radius 1 is 0.828 bits per heavy atom. The summed E-state index contributed by atoms with van der Waals surface area (Å²) in [5.41, 5.74) is 2.87. The van der Waals surface area contributed by atoms with Crippen molar-refractivity contribution in [2.75, 3.05) is 13.2 Å². The van der Waals surface area contributed by atoms with Crippen LogP contribution in [-0.4, -0.2) is 28.3 Å². The van der Waals surface area contributed by atoms with E-state index in [9.17, 15) is 0 Å². The third kappa shape index (κ3) is 4.63. The third-order valence-corrected chi connectivity index (χ3v) is 5.06. The van der Waals surface area contributed by atoms with E-state index in [1.807, 2.05) is 67.8 Å². The molecule has 2 aromatic heterocycles. The van der Waals surface area contributed by atoms with Crippen molar-refractivity contribution in [1.82, 2.24) is 15.1 Å². The van der Waals surface area contributed by atoms with Gasteiger partial charge in [0, 0.05) is 16.5 Å². The maximum absolute atomic E-state index is 5.49. The second-order valence-corrected chi connectivity index (χ2v) is 7.17. The molecule has 0 spiro atoms. The average molecular weight is 407 g/mol. The van der Waals surface area contributed by atoms with Crippen molar-refractivity contribution < 1.29 is 14.0 Å². The molecule has 2 heterocycles. The quantitative estimate of drug-likeness (QED) is 0.397. The van der Waals surface area contributed by atoms with Crippen LogP contribution < -0.4 is 9.47 Å². The Bertz CT molecular complexity index is 970. The molecule has 6 nitrogen and oxygen atoms in total. The van der Waals surface area contributed by atoms with E-state index in [0.717, 1.165) is 33.3 Å². The topological polar surface area (TPSA) is 70.3 Å². The van der Waals surface area contributed by atoms with Gasteiger partial charge in [0.1, 0.15) is 16.5 Å². The van der Waals surface area contributed by atoms with Gasteiger partial charge >= 0.3 is 0 Å². The number of thiazole rings is 1. The van der Waals surface area contributed by atoms with Gasteiger partial charge in [0.2, 0.25) is 11.7 Å². The monoisotopic (exact) mass is 407 g/mol. The van der Waals surface area contributed by atoms with Crippen LogP contribution in [0.25, 0.3) is 22.6 Å². The first-order valence-electron chi connectivity index (χ1n) is 9.48. The number of ether oxygens (including phenoxy) is 2. The van der Waals surface area contributed by atoms with E-state index in [-0.39, 0.29) is 0 Å². The molecule has 0 aliphatic rings. The van der Waals surface area contributed by atoms with Crippen LogP contribution in [0, 0.1) is 0 Å². The molecule has 0 saturated carbocycles. The van der Waals surface area contributed by atoms with Gasteiger partial charge in [-0.05, 0) is 62.4 Å². The van der Waals surface area contributed by atoms with Gasteiger partial charge in [-0.2, -0.15) is 4.98 Å². The highest BCUT2D eigenvalue weighted by atomic mass is 32.1. The minimum Gasteiger partial charge on any atom is -0.494 e. The second-order valence-electron chi connectivity index (χ2n) is 6.23. The van der Waals surface area contributed by atoms with Crippen LogP contribution in [0.1, 0.15) is 24.7 Å². The molecular weight excluding hydrogens is 386 g/mol. The number of hydrogen-bond acceptors (Lipinski definition) is 7. The fourth-order valence-electron chi connectivity index (χ4n) is 2.85. The zero-order valence-corrected chi connectivity index (χ0v) is 17.1. The fourth-order valence-corrected chi connectivity index (χ4v) is 3.65. The van der Waals surface area contributed by atoms with Crippen LogP contribution in [0.5, 0.6) is 11.5 Å². The number of rotatable bonds is 8. The molecule has 0 unspecified atom stereocenters. The Kier molecular flexibility index (Phi) is 5.86. The summed E-state index contributed by atoms with van der Waals surface area (Å²) < 4.78 is 16.4. The SMILES string of the molecule is CCOc1ccc(-c2csc(Cc3nc(-c4ccc(OCC)cc4)no3)n2)cc1. The average Bonchev–Trinajstić information content (AvgIpc) is 3.40. The number of benzene rings is 2. The molecular formula is C22H21N3O3S. The van der Waals surface area contributed by atoms with Crippen LogP contribution in [0.3, 0.4) is 0 Å². The van der Waals surface area contributed by atoms with Crippen LogP contribution in [0.4, 0.5) is 0 Å². The summed E-state index contributed by atoms with van der Waals surface area (Å²) in [6.07, 6.45) is 0.506. The van der Waals surface area contributed by atoms with Crippen molar-refractivity contribution in [3.63, 3.8) is 0 Å². The van der Waals surface area contributed by atoms with Gasteiger partial charge in [-0.1, -0.05) is 5.16 Å². The minimum atomic E-state index is 0.506. The molecule has 0 bridgehead atoms. The van der Waals surface area contributed by atoms with E-state index in [1.54, 1.807) is 11.3 Å². The van der Waals surface area contributed by atoms with Crippen molar-refractivity contribution >= 4 is 11.3 Å². The Morgan fingerprint density at radius 2 is 1.45 bits per heavy atom. The van der Waals surface area contributed by atoms with Crippen LogP contribution in [0.2, 0.25) is 0 Å². The third-order valence-electron chi connectivity index (χ3n) is 4.21. The molecule has 4 aromatic rings. The summed E-state index contributed by atoms with van der Waals surface area (Å²) in [5, 5.41) is 7.05. The van der Waals surface area contributed by atoms with E-state index < -0.39 is 0 Å². The van der Waals surface area contributed by atoms with Gasteiger partial charge in [0.25, 0.3) is 0 Å². The van der Waals surface area contributed by atoms with Crippen LogP contribution >= 0.6 is 11.3 Å². The molecule has 0 N–H and O–H groups in total. The van der Waals surface area contributed by atoms with Gasteiger partial charge in [-0.25, -0.2) is 4.98 Å². The van der Waals surface area contributed by atoms with E-state index >= 15 is 0 Å². The first kappa shape index (κ1) is 19.1. The molecule has 0 fully saturated rings. The Balaban J connectivity index is 1.44. The summed E-state index contributed by atoms with van der Waals surface area (Å²) >= 11 is 1.58. The normalized spacial score (nSPS) is 10.8. The molecule has 29 heavy (non-hydrogen) atoms. The molecule has 0 saturated heterocycles. The minimum absolute atomic E-state index is 0.506. The molecule has 148 valence electrons. The first-order valence-corrected chi connectivity index (χ1v) is 10.4. The van der Waals surface area contributed by atoms with Gasteiger partial charge in [-0.15, -0.1) is 11.3 Å². The Hall–Kier alpha value is -3.19.